The highest BCUT2D eigenvalue weighted by Crippen LogP contribution is 2.28. The topological polar surface area (TPSA) is 148 Å². The number of rotatable bonds is 11. The maximum Gasteiger partial charge on any atom is 0.513 e. The zero-order valence-corrected chi connectivity index (χ0v) is 20.5. The van der Waals surface area contributed by atoms with Crippen LogP contribution in [0.1, 0.15) is 57.4 Å². The van der Waals surface area contributed by atoms with E-state index in [0.717, 1.165) is 24.6 Å². The van der Waals surface area contributed by atoms with Gasteiger partial charge in [-0.3, -0.25) is 9.59 Å². The molecule has 0 aliphatic carbocycles. The third-order valence-corrected chi connectivity index (χ3v) is 6.66. The van der Waals surface area contributed by atoms with Gasteiger partial charge in [-0.05, 0) is 37.1 Å². The lowest BCUT2D eigenvalue weighted by molar-refractivity contribution is -0.884. The number of nitrogens with one attached hydrogen (secondary N) is 1. The Morgan fingerprint density at radius 2 is 1.97 bits per heavy atom. The number of carboxylic acid groups (broad SMARTS) is 1. The maximum absolute atomic E-state index is 12.9. The molecule has 11 nitrogen and oxygen atoms in total. The predicted octanol–water partition coefficient (Wildman–Crippen LogP) is 3.52. The Balaban J connectivity index is 1.45. The Labute approximate surface area is 208 Å². The average molecular weight is 496 g/mol. The molecule has 0 spiro atoms. The number of likely N-dealkylation sites (tertiary alicyclic amines) is 1. The number of nitrogens with zero attached hydrogens (tertiary/aromatic N) is 5. The summed E-state index contributed by atoms with van der Waals surface area (Å²) in [5.74, 6) is 0.102. The first-order valence-electron chi connectivity index (χ1n) is 12.2. The Hall–Kier alpha value is -3.73. The molecule has 3 aromatic rings. The van der Waals surface area contributed by atoms with Crippen molar-refractivity contribution in [1.29, 1.82) is 0 Å². The summed E-state index contributed by atoms with van der Waals surface area (Å²) in [6.07, 6.45) is 4.72. The number of pyridine rings is 2. The molecule has 1 atom stereocenters. The standard InChI is InChI=1S/C25H30N6O5/c1-3-18(32)9-5-4-6-10-19(28-22(33)17-14-31(2,15-17)25(34)35)23-29-30-24(36-23)20-12-11-16-8-7-13-26-21(16)27-20/h7-8,11-13,17,19H,3-6,9-10,14-15H2,1-2H3,(H-,28,33,34,35)/p+1/t17?,19-,31?/m0/s1. The van der Waals surface area contributed by atoms with Crippen LogP contribution in [-0.2, 0) is 9.59 Å². The van der Waals surface area contributed by atoms with Crippen LogP contribution >= 0.6 is 0 Å². The number of ketones is 1. The van der Waals surface area contributed by atoms with Crippen molar-refractivity contribution in [1.82, 2.24) is 25.5 Å². The monoisotopic (exact) mass is 495 g/mol. The van der Waals surface area contributed by atoms with Crippen LogP contribution in [0.4, 0.5) is 4.79 Å². The van der Waals surface area contributed by atoms with Gasteiger partial charge in [0.25, 0.3) is 5.89 Å². The van der Waals surface area contributed by atoms with E-state index < -0.39 is 18.1 Å². The number of fused-ring (bicyclic) bond motifs is 1. The van der Waals surface area contributed by atoms with Crippen LogP contribution in [0, 0.1) is 5.92 Å². The molecule has 0 radical (unpaired) electrons. The molecular weight excluding hydrogens is 464 g/mol. The van der Waals surface area contributed by atoms with E-state index in [2.05, 4.69) is 25.5 Å². The first kappa shape index (κ1) is 25.4. The molecule has 2 amide bonds. The van der Waals surface area contributed by atoms with E-state index in [1.165, 1.54) is 0 Å². The summed E-state index contributed by atoms with van der Waals surface area (Å²) >= 11 is 0. The smallest absolute Gasteiger partial charge is 0.435 e. The largest absolute Gasteiger partial charge is 0.513 e. The van der Waals surface area contributed by atoms with Crippen molar-refractivity contribution in [2.24, 2.45) is 5.92 Å². The lowest BCUT2D eigenvalue weighted by atomic mass is 9.95. The molecule has 11 heteroatoms. The second-order valence-electron chi connectivity index (χ2n) is 9.49. The molecule has 1 fully saturated rings. The molecule has 4 rings (SSSR count). The number of carbonyl (C=O) groups is 3. The first-order valence-corrected chi connectivity index (χ1v) is 12.2. The van der Waals surface area contributed by atoms with Gasteiger partial charge in [-0.2, -0.15) is 4.79 Å². The molecule has 0 bridgehead atoms. The van der Waals surface area contributed by atoms with Gasteiger partial charge in [-0.15, -0.1) is 10.2 Å². The Morgan fingerprint density at radius 3 is 2.72 bits per heavy atom. The average Bonchev–Trinajstić information content (AvgIpc) is 3.35. The fourth-order valence-electron chi connectivity index (χ4n) is 4.36. The minimum atomic E-state index is -0.948. The first-order chi connectivity index (χ1) is 17.3. The van der Waals surface area contributed by atoms with Gasteiger partial charge in [0, 0.05) is 24.4 Å². The molecule has 1 aliphatic rings. The van der Waals surface area contributed by atoms with Gasteiger partial charge in [0.1, 0.15) is 36.5 Å². The third-order valence-electron chi connectivity index (χ3n) is 6.66. The summed E-state index contributed by atoms with van der Waals surface area (Å²) in [6, 6.07) is 6.87. The van der Waals surface area contributed by atoms with Crippen molar-refractivity contribution in [2.75, 3.05) is 20.1 Å². The fourth-order valence-corrected chi connectivity index (χ4v) is 4.36. The molecule has 2 N–H and O–H groups in total. The predicted molar refractivity (Wildman–Crippen MR) is 130 cm³/mol. The number of hydrogen-bond donors (Lipinski definition) is 2. The van der Waals surface area contributed by atoms with Crippen molar-refractivity contribution in [3.8, 4) is 11.6 Å². The summed E-state index contributed by atoms with van der Waals surface area (Å²) < 4.78 is 5.75. The van der Waals surface area contributed by atoms with E-state index in [4.69, 9.17) is 4.42 Å². The zero-order valence-electron chi connectivity index (χ0n) is 20.5. The van der Waals surface area contributed by atoms with E-state index >= 15 is 0 Å². The molecule has 0 saturated carbocycles. The molecule has 36 heavy (non-hydrogen) atoms. The Kier molecular flexibility index (Phi) is 7.68. The second kappa shape index (κ2) is 10.9. The van der Waals surface area contributed by atoms with E-state index in [9.17, 15) is 19.5 Å². The summed E-state index contributed by atoms with van der Waals surface area (Å²) in [7, 11) is 1.59. The van der Waals surface area contributed by atoms with E-state index in [1.807, 2.05) is 25.1 Å². The minimum Gasteiger partial charge on any atom is -0.435 e. The summed E-state index contributed by atoms with van der Waals surface area (Å²) in [5.41, 5.74) is 1.04. The highest BCUT2D eigenvalue weighted by Gasteiger charge is 2.50. The van der Waals surface area contributed by atoms with Crippen molar-refractivity contribution in [2.45, 2.75) is 51.5 Å². The van der Waals surface area contributed by atoms with Gasteiger partial charge in [-0.25, -0.2) is 14.5 Å². The van der Waals surface area contributed by atoms with Crippen molar-refractivity contribution >= 4 is 28.8 Å². The Bertz CT molecular complexity index is 1250. The molecule has 1 saturated heterocycles. The molecule has 0 aromatic carbocycles. The number of Topliss-reactive ketones (excluding diaryl/α,β-unsaturated/α-hetero) is 1. The van der Waals surface area contributed by atoms with Crippen molar-refractivity contribution in [3.63, 3.8) is 0 Å². The van der Waals surface area contributed by atoms with Crippen LogP contribution in [0.3, 0.4) is 0 Å². The van der Waals surface area contributed by atoms with Crippen LogP contribution in [0.25, 0.3) is 22.6 Å². The summed E-state index contributed by atoms with van der Waals surface area (Å²) in [6.45, 7) is 2.32. The van der Waals surface area contributed by atoms with Gasteiger partial charge in [0.2, 0.25) is 11.8 Å². The van der Waals surface area contributed by atoms with E-state index in [-0.39, 0.29) is 41.0 Å². The van der Waals surface area contributed by atoms with Crippen LogP contribution in [-0.4, -0.2) is 67.7 Å². The van der Waals surface area contributed by atoms with Gasteiger partial charge in [0.05, 0.1) is 7.05 Å². The van der Waals surface area contributed by atoms with Gasteiger partial charge >= 0.3 is 6.09 Å². The summed E-state index contributed by atoms with van der Waals surface area (Å²) in [5, 5.41) is 21.5. The van der Waals surface area contributed by atoms with Gasteiger partial charge in [-0.1, -0.05) is 19.8 Å². The maximum atomic E-state index is 12.9. The number of unbranched alkanes of at least 4 members (excludes halogenated alkanes) is 2. The second-order valence-corrected chi connectivity index (χ2v) is 9.49. The normalized spacial score (nSPS) is 20.0. The lowest BCUT2D eigenvalue weighted by Gasteiger charge is -2.41. The quantitative estimate of drug-likeness (QED) is 0.301. The SMILES string of the molecule is CCC(=O)CCCCC[C@H](NC(=O)C1C[N+](C)(C(=O)O)C1)c1nnc(-c2ccc3cccnc3n2)o1. The minimum absolute atomic E-state index is 0.180. The van der Waals surface area contributed by atoms with Crippen LogP contribution in [0.15, 0.2) is 34.9 Å². The van der Waals surface area contributed by atoms with Crippen molar-refractivity contribution < 1.29 is 28.4 Å². The number of quaternary nitrogens is 1. The number of hydrogen-bond acceptors (Lipinski definition) is 8. The highest BCUT2D eigenvalue weighted by atomic mass is 16.4. The van der Waals surface area contributed by atoms with E-state index in [0.29, 0.717) is 30.6 Å². The highest BCUT2D eigenvalue weighted by molar-refractivity contribution is 5.81. The molecule has 1 aliphatic heterocycles. The van der Waals surface area contributed by atoms with Gasteiger partial charge in [0.15, 0.2) is 5.65 Å². The number of aromatic nitrogens is 4. The van der Waals surface area contributed by atoms with Crippen LogP contribution in [0.5, 0.6) is 0 Å². The van der Waals surface area contributed by atoms with Crippen molar-refractivity contribution in [3.05, 3.63) is 36.4 Å². The molecule has 0 unspecified atom stereocenters. The molecule has 3 aromatic heterocycles. The molecule has 190 valence electrons. The summed E-state index contributed by atoms with van der Waals surface area (Å²) in [4.78, 5) is 44.6. The zero-order chi connectivity index (χ0) is 25.7. The Morgan fingerprint density at radius 1 is 1.17 bits per heavy atom. The molecular formula is C25H31N6O5+. The van der Waals surface area contributed by atoms with E-state index in [1.54, 1.807) is 19.3 Å². The molecule has 4 heterocycles. The number of amides is 2. The fraction of sp³-hybridized carbons (Fsp3) is 0.480. The number of carbonyl (C=O) groups excluding carboxylic acids is 2. The van der Waals surface area contributed by atoms with Crippen LogP contribution < -0.4 is 5.32 Å². The van der Waals surface area contributed by atoms with Gasteiger partial charge < -0.3 is 14.8 Å². The lowest BCUT2D eigenvalue weighted by Crippen LogP contribution is -2.67. The third kappa shape index (κ3) is 5.73. The van der Waals surface area contributed by atoms with Crippen LogP contribution in [0.2, 0.25) is 0 Å².